The molecule has 0 amide bonds. The van der Waals surface area contributed by atoms with E-state index in [2.05, 4.69) is 19.2 Å². The van der Waals surface area contributed by atoms with E-state index in [1.54, 1.807) is 0 Å². The van der Waals surface area contributed by atoms with Gasteiger partial charge in [-0.05, 0) is 31.4 Å². The van der Waals surface area contributed by atoms with Gasteiger partial charge in [0.15, 0.2) is 0 Å². The van der Waals surface area contributed by atoms with Crippen LogP contribution in [0.5, 0.6) is 0 Å². The van der Waals surface area contributed by atoms with Crippen LogP contribution in [0, 0.1) is 6.92 Å². The van der Waals surface area contributed by atoms with Crippen molar-refractivity contribution in [3.8, 4) is 0 Å². The maximum atomic E-state index is 11.2. The van der Waals surface area contributed by atoms with Gasteiger partial charge in [0.2, 0.25) is 0 Å². The number of benzene rings is 1. The second kappa shape index (κ2) is 5.54. The van der Waals surface area contributed by atoms with E-state index in [-0.39, 0.29) is 0 Å². The molecule has 1 rings (SSSR count). The van der Waals surface area contributed by atoms with Crippen molar-refractivity contribution in [2.45, 2.75) is 39.7 Å². The molecule has 0 unspecified atom stereocenters. The van der Waals surface area contributed by atoms with E-state index in [0.29, 0.717) is 11.6 Å². The van der Waals surface area contributed by atoms with Crippen LogP contribution in [-0.4, -0.2) is 17.1 Å². The van der Waals surface area contributed by atoms with E-state index in [0.717, 1.165) is 24.1 Å². The molecule has 0 bridgehead atoms. The van der Waals surface area contributed by atoms with Crippen molar-refractivity contribution in [2.24, 2.45) is 0 Å². The second-order valence-corrected chi connectivity index (χ2v) is 3.96. The average molecular weight is 221 g/mol. The van der Waals surface area contributed by atoms with Gasteiger partial charge >= 0.3 is 5.97 Å². The Balaban J connectivity index is 3.03. The van der Waals surface area contributed by atoms with Crippen LogP contribution in [0.2, 0.25) is 0 Å². The summed E-state index contributed by atoms with van der Waals surface area (Å²) in [4.78, 5) is 11.2. The van der Waals surface area contributed by atoms with Crippen LogP contribution in [0.15, 0.2) is 18.2 Å². The van der Waals surface area contributed by atoms with Gasteiger partial charge in [-0.15, -0.1) is 0 Å². The van der Waals surface area contributed by atoms with Crippen LogP contribution in [0.3, 0.4) is 0 Å². The summed E-state index contributed by atoms with van der Waals surface area (Å²) in [5.41, 5.74) is 1.90. The average Bonchev–Trinajstić information content (AvgIpc) is 2.25. The van der Waals surface area contributed by atoms with Crippen molar-refractivity contribution in [1.82, 2.24) is 0 Å². The quantitative estimate of drug-likeness (QED) is 0.802. The second-order valence-electron chi connectivity index (χ2n) is 3.96. The first kappa shape index (κ1) is 12.6. The standard InChI is InChI=1S/C13H19NO2/c1-4-10(5-2)14-11-8-6-7-9(3)12(11)13(15)16/h6-8,10,14H,4-5H2,1-3H3,(H,15,16). The third-order valence-electron chi connectivity index (χ3n) is 2.83. The molecule has 88 valence electrons. The Labute approximate surface area is 96.5 Å². The van der Waals surface area contributed by atoms with E-state index in [4.69, 9.17) is 5.11 Å². The maximum absolute atomic E-state index is 11.2. The van der Waals surface area contributed by atoms with Gasteiger partial charge in [-0.25, -0.2) is 4.79 Å². The molecule has 0 heterocycles. The fourth-order valence-corrected chi connectivity index (χ4v) is 1.78. The smallest absolute Gasteiger partial charge is 0.338 e. The lowest BCUT2D eigenvalue weighted by molar-refractivity contribution is 0.0697. The number of rotatable bonds is 5. The number of aryl methyl sites for hydroxylation is 1. The lowest BCUT2D eigenvalue weighted by Crippen LogP contribution is -2.19. The monoisotopic (exact) mass is 221 g/mol. The zero-order valence-corrected chi connectivity index (χ0v) is 10.1. The van der Waals surface area contributed by atoms with Crippen molar-refractivity contribution in [2.75, 3.05) is 5.32 Å². The summed E-state index contributed by atoms with van der Waals surface area (Å²) in [7, 11) is 0. The van der Waals surface area contributed by atoms with Crippen LogP contribution in [0.4, 0.5) is 5.69 Å². The summed E-state index contributed by atoms with van der Waals surface area (Å²) in [5, 5.41) is 12.5. The van der Waals surface area contributed by atoms with E-state index < -0.39 is 5.97 Å². The highest BCUT2D eigenvalue weighted by Gasteiger charge is 2.14. The normalized spacial score (nSPS) is 10.5. The fraction of sp³-hybridized carbons (Fsp3) is 0.462. The number of anilines is 1. The van der Waals surface area contributed by atoms with Crippen molar-refractivity contribution in [1.29, 1.82) is 0 Å². The summed E-state index contributed by atoms with van der Waals surface area (Å²) in [6.45, 7) is 6.01. The Kier molecular flexibility index (Phi) is 4.35. The van der Waals surface area contributed by atoms with Crippen molar-refractivity contribution >= 4 is 11.7 Å². The van der Waals surface area contributed by atoms with E-state index in [9.17, 15) is 4.79 Å². The van der Waals surface area contributed by atoms with Gasteiger partial charge in [-0.3, -0.25) is 0 Å². The molecule has 1 aromatic carbocycles. The highest BCUT2D eigenvalue weighted by atomic mass is 16.4. The van der Waals surface area contributed by atoms with Gasteiger partial charge in [0.05, 0.1) is 5.56 Å². The predicted octanol–water partition coefficient (Wildman–Crippen LogP) is 3.29. The van der Waals surface area contributed by atoms with Gasteiger partial charge < -0.3 is 10.4 Å². The first-order chi connectivity index (χ1) is 7.60. The molecule has 0 saturated carbocycles. The van der Waals surface area contributed by atoms with Crippen molar-refractivity contribution in [3.63, 3.8) is 0 Å². The Bertz CT molecular complexity index is 370. The highest BCUT2D eigenvalue weighted by molar-refractivity contribution is 5.95. The lowest BCUT2D eigenvalue weighted by atomic mass is 10.0. The Morgan fingerprint density at radius 2 is 2.00 bits per heavy atom. The fourth-order valence-electron chi connectivity index (χ4n) is 1.78. The molecular formula is C13H19NO2. The number of hydrogen-bond donors (Lipinski definition) is 2. The number of nitrogens with one attached hydrogen (secondary N) is 1. The number of carboxylic acids is 1. The minimum absolute atomic E-state index is 0.333. The van der Waals surface area contributed by atoms with Crippen molar-refractivity contribution < 1.29 is 9.90 Å². The van der Waals surface area contributed by atoms with Gasteiger partial charge in [0, 0.05) is 11.7 Å². The number of carboxylic acid groups (broad SMARTS) is 1. The van der Waals surface area contributed by atoms with Gasteiger partial charge in [-0.1, -0.05) is 26.0 Å². The molecule has 0 fully saturated rings. The van der Waals surface area contributed by atoms with Crippen LogP contribution < -0.4 is 5.32 Å². The van der Waals surface area contributed by atoms with Crippen LogP contribution >= 0.6 is 0 Å². The molecule has 2 N–H and O–H groups in total. The summed E-state index contributed by atoms with van der Waals surface area (Å²) < 4.78 is 0. The molecule has 16 heavy (non-hydrogen) atoms. The molecular weight excluding hydrogens is 202 g/mol. The maximum Gasteiger partial charge on any atom is 0.338 e. The Morgan fingerprint density at radius 1 is 1.38 bits per heavy atom. The summed E-state index contributed by atoms with van der Waals surface area (Å²) in [6, 6.07) is 5.86. The van der Waals surface area contributed by atoms with Crippen LogP contribution in [-0.2, 0) is 0 Å². The van der Waals surface area contributed by atoms with Crippen LogP contribution in [0.1, 0.15) is 42.6 Å². The zero-order chi connectivity index (χ0) is 12.1. The molecule has 0 atom stereocenters. The van der Waals surface area contributed by atoms with Crippen LogP contribution in [0.25, 0.3) is 0 Å². The number of carbonyl (C=O) groups is 1. The SMILES string of the molecule is CCC(CC)Nc1cccc(C)c1C(=O)O. The lowest BCUT2D eigenvalue weighted by Gasteiger charge is -2.18. The number of aromatic carboxylic acids is 1. The third-order valence-corrected chi connectivity index (χ3v) is 2.83. The molecule has 0 aliphatic carbocycles. The zero-order valence-electron chi connectivity index (χ0n) is 10.1. The van der Waals surface area contributed by atoms with Gasteiger partial charge in [-0.2, -0.15) is 0 Å². The highest BCUT2D eigenvalue weighted by Crippen LogP contribution is 2.21. The van der Waals surface area contributed by atoms with Crippen molar-refractivity contribution in [3.05, 3.63) is 29.3 Å². The van der Waals surface area contributed by atoms with Gasteiger partial charge in [0.25, 0.3) is 0 Å². The summed E-state index contributed by atoms with van der Waals surface area (Å²) >= 11 is 0. The minimum atomic E-state index is -0.869. The molecule has 0 spiro atoms. The largest absolute Gasteiger partial charge is 0.478 e. The molecule has 0 aromatic heterocycles. The van der Waals surface area contributed by atoms with Gasteiger partial charge in [0.1, 0.15) is 0 Å². The molecule has 0 aliphatic heterocycles. The first-order valence-corrected chi connectivity index (χ1v) is 5.69. The topological polar surface area (TPSA) is 49.3 Å². The molecule has 0 saturated heterocycles. The number of hydrogen-bond acceptors (Lipinski definition) is 2. The molecule has 0 aliphatic rings. The molecule has 0 radical (unpaired) electrons. The van der Waals surface area contributed by atoms with E-state index >= 15 is 0 Å². The summed E-state index contributed by atoms with van der Waals surface area (Å²) in [5.74, 6) is -0.869. The first-order valence-electron chi connectivity index (χ1n) is 5.69. The molecule has 1 aromatic rings. The third kappa shape index (κ3) is 2.75. The predicted molar refractivity (Wildman–Crippen MR) is 66.1 cm³/mol. The minimum Gasteiger partial charge on any atom is -0.478 e. The Hall–Kier alpha value is -1.51. The molecule has 3 heteroatoms. The Morgan fingerprint density at radius 3 is 2.50 bits per heavy atom. The molecule has 3 nitrogen and oxygen atoms in total. The van der Waals surface area contributed by atoms with E-state index in [1.165, 1.54) is 0 Å². The summed E-state index contributed by atoms with van der Waals surface area (Å²) in [6.07, 6.45) is 1.98. The van der Waals surface area contributed by atoms with E-state index in [1.807, 2.05) is 25.1 Å².